The van der Waals surface area contributed by atoms with Crippen LogP contribution in [0.3, 0.4) is 0 Å². The Labute approximate surface area is 117 Å². The van der Waals surface area contributed by atoms with Crippen molar-refractivity contribution in [1.82, 2.24) is 0 Å². The van der Waals surface area contributed by atoms with Crippen LogP contribution in [0.1, 0.15) is 5.56 Å². The van der Waals surface area contributed by atoms with Crippen LogP contribution in [-0.4, -0.2) is 0 Å². The van der Waals surface area contributed by atoms with Gasteiger partial charge < -0.3 is 4.74 Å². The second kappa shape index (κ2) is 8.38. The van der Waals surface area contributed by atoms with Gasteiger partial charge in [0.2, 0.25) is 0 Å². The molecule has 2 rings (SSSR count). The zero-order valence-electron chi connectivity index (χ0n) is 9.20. The summed E-state index contributed by atoms with van der Waals surface area (Å²) in [6.07, 6.45) is 0. The van der Waals surface area contributed by atoms with Crippen molar-refractivity contribution >= 4 is 13.6 Å². The minimum atomic E-state index is -0.240. The Kier molecular flexibility index (Phi) is 7.06. The average Bonchev–Trinajstić information content (AvgIpc) is 2.40. The monoisotopic (exact) mass is 344 g/mol. The van der Waals surface area contributed by atoms with Crippen molar-refractivity contribution in [3.05, 3.63) is 66.0 Å². The molecule has 0 unspecified atom stereocenters. The molecule has 0 amide bonds. The fraction of sp³-hybridized carbons (Fsp3) is 0.0769. The van der Waals surface area contributed by atoms with Gasteiger partial charge in [0.1, 0.15) is 5.82 Å². The standard InChI is InChI=1S/C13H10FO.BrH.Zn/c14-12-6-4-5-11(9-12)10-15-13-7-2-1-3-8-13;;/h1-2,4-9H,10H2;1H;/q-1;;+2/p-1. The molecule has 0 aliphatic carbocycles. The van der Waals surface area contributed by atoms with Crippen molar-refractivity contribution in [2.24, 2.45) is 0 Å². The molecule has 0 atom stereocenters. The van der Waals surface area contributed by atoms with Crippen LogP contribution in [0.2, 0.25) is 0 Å². The molecule has 0 saturated heterocycles. The first-order valence-corrected chi connectivity index (χ1v) is 11.9. The van der Waals surface area contributed by atoms with Crippen LogP contribution in [0.15, 0.2) is 48.5 Å². The van der Waals surface area contributed by atoms with Crippen molar-refractivity contribution in [3.63, 3.8) is 0 Å². The molecule has 0 aromatic heterocycles. The molecule has 0 radical (unpaired) electrons. The van der Waals surface area contributed by atoms with Crippen molar-refractivity contribution in [1.29, 1.82) is 0 Å². The molecular formula is C13H10BrFOZn. The molecule has 17 heavy (non-hydrogen) atoms. The number of hydrogen-bond acceptors (Lipinski definition) is 1. The van der Waals surface area contributed by atoms with E-state index in [0.717, 1.165) is 11.3 Å². The van der Waals surface area contributed by atoms with Crippen molar-refractivity contribution < 1.29 is 25.5 Å². The van der Waals surface area contributed by atoms with Gasteiger partial charge in [0.15, 0.2) is 0 Å². The van der Waals surface area contributed by atoms with Gasteiger partial charge in [-0.15, -0.1) is 12.1 Å². The molecular weight excluding hydrogens is 336 g/mol. The van der Waals surface area contributed by atoms with Crippen LogP contribution < -0.4 is 4.74 Å². The van der Waals surface area contributed by atoms with Gasteiger partial charge in [-0.05, 0) is 17.7 Å². The second-order valence-corrected chi connectivity index (χ2v) is 3.16. The van der Waals surface area contributed by atoms with E-state index in [9.17, 15) is 4.39 Å². The third kappa shape index (κ3) is 5.42. The summed E-state index contributed by atoms with van der Waals surface area (Å²) in [5.41, 5.74) is 0.818. The predicted octanol–water partition coefficient (Wildman–Crippen LogP) is 4.05. The third-order valence-corrected chi connectivity index (χ3v) is 1.97. The minimum absolute atomic E-state index is 0.240. The quantitative estimate of drug-likeness (QED) is 0.602. The Morgan fingerprint density at radius 2 is 2.06 bits per heavy atom. The molecule has 0 fully saturated rings. The Balaban J connectivity index is 0.000000686. The first kappa shape index (κ1) is 14.3. The van der Waals surface area contributed by atoms with Gasteiger partial charge in [-0.3, -0.25) is 0 Å². The van der Waals surface area contributed by atoms with Gasteiger partial charge in [-0.2, -0.15) is 18.2 Å². The normalized spacial score (nSPS) is 9.18. The van der Waals surface area contributed by atoms with E-state index in [1.165, 1.54) is 28.5 Å². The van der Waals surface area contributed by atoms with Gasteiger partial charge in [0, 0.05) is 5.75 Å². The van der Waals surface area contributed by atoms with Gasteiger partial charge in [-0.25, -0.2) is 4.39 Å². The summed E-state index contributed by atoms with van der Waals surface area (Å²) >= 11 is 4.25. The van der Waals surface area contributed by atoms with E-state index in [-0.39, 0.29) is 5.82 Å². The summed E-state index contributed by atoms with van der Waals surface area (Å²) in [5, 5.41) is 0. The van der Waals surface area contributed by atoms with Crippen molar-refractivity contribution in [3.8, 4) is 5.75 Å². The van der Waals surface area contributed by atoms with Gasteiger partial charge in [0.25, 0.3) is 0 Å². The number of rotatable bonds is 3. The first-order valence-electron chi connectivity index (χ1n) is 4.95. The Morgan fingerprint density at radius 1 is 1.24 bits per heavy atom. The average molecular weight is 347 g/mol. The summed E-state index contributed by atoms with van der Waals surface area (Å²) in [6, 6.07) is 16.5. The molecule has 0 N–H and O–H groups in total. The van der Waals surface area contributed by atoms with E-state index in [1.54, 1.807) is 18.2 Å². The number of ether oxygens (including phenoxy) is 1. The van der Waals surface area contributed by atoms with E-state index < -0.39 is 0 Å². The SMILES string of the molecule is Fc1cccc(COc2c[c-]ccc2)c1.[Zn+][Br]. The van der Waals surface area contributed by atoms with Crippen LogP contribution in [-0.2, 0) is 22.9 Å². The molecule has 0 heterocycles. The summed E-state index contributed by atoms with van der Waals surface area (Å²) in [5.74, 6) is 0.498. The third-order valence-electron chi connectivity index (χ3n) is 1.97. The Morgan fingerprint density at radius 3 is 2.71 bits per heavy atom. The van der Waals surface area contributed by atoms with Gasteiger partial charge in [0.05, 0.1) is 6.61 Å². The fourth-order valence-electron chi connectivity index (χ4n) is 1.26. The second-order valence-electron chi connectivity index (χ2n) is 3.16. The van der Waals surface area contributed by atoms with E-state index >= 15 is 0 Å². The van der Waals surface area contributed by atoms with Crippen LogP contribution >= 0.6 is 13.6 Å². The van der Waals surface area contributed by atoms with E-state index in [0.29, 0.717) is 6.61 Å². The molecule has 84 valence electrons. The van der Waals surface area contributed by atoms with E-state index in [1.807, 2.05) is 18.2 Å². The summed E-state index contributed by atoms with van der Waals surface area (Å²) in [7, 11) is 0. The molecule has 0 aliphatic heterocycles. The summed E-state index contributed by atoms with van der Waals surface area (Å²) in [4.78, 5) is 0. The molecule has 2 aromatic rings. The molecule has 0 bridgehead atoms. The molecule has 4 heteroatoms. The first-order chi connectivity index (χ1) is 8.34. The summed E-state index contributed by atoms with van der Waals surface area (Å²) in [6.45, 7) is 0.371. The van der Waals surface area contributed by atoms with Gasteiger partial charge in [-0.1, -0.05) is 12.1 Å². The number of halogens is 2. The van der Waals surface area contributed by atoms with Crippen molar-refractivity contribution in [2.75, 3.05) is 0 Å². The van der Waals surface area contributed by atoms with Crippen molar-refractivity contribution in [2.45, 2.75) is 6.61 Å². The van der Waals surface area contributed by atoms with Crippen LogP contribution in [0.4, 0.5) is 4.39 Å². The topological polar surface area (TPSA) is 9.23 Å². The van der Waals surface area contributed by atoms with Gasteiger partial charge >= 0.3 is 30.0 Å². The van der Waals surface area contributed by atoms with Crippen LogP contribution in [0.5, 0.6) is 5.75 Å². The fourth-order valence-corrected chi connectivity index (χ4v) is 1.26. The Hall–Kier alpha value is -0.727. The van der Waals surface area contributed by atoms with Crippen LogP contribution in [0.25, 0.3) is 0 Å². The molecule has 0 spiro atoms. The molecule has 0 aliphatic rings. The zero-order valence-corrected chi connectivity index (χ0v) is 13.8. The van der Waals surface area contributed by atoms with E-state index in [4.69, 9.17) is 4.74 Å². The Bertz CT molecular complexity index is 436. The molecule has 1 nitrogen and oxygen atoms in total. The zero-order chi connectivity index (χ0) is 12.5. The summed E-state index contributed by atoms with van der Waals surface area (Å²) < 4.78 is 18.3. The number of hydrogen-bond donors (Lipinski definition) is 0. The molecule has 0 saturated carbocycles. The maximum absolute atomic E-state index is 12.8. The number of benzene rings is 2. The predicted molar refractivity (Wildman–Crippen MR) is 64.9 cm³/mol. The van der Waals surface area contributed by atoms with E-state index in [2.05, 4.69) is 19.7 Å². The van der Waals surface area contributed by atoms with Crippen LogP contribution in [0, 0.1) is 11.9 Å². The maximum atomic E-state index is 12.8. The molecule has 2 aromatic carbocycles.